The molecule has 2 aromatic heterocycles. The topological polar surface area (TPSA) is 50.9 Å². The summed E-state index contributed by atoms with van der Waals surface area (Å²) in [4.78, 5) is 4.16. The van der Waals surface area contributed by atoms with Crippen molar-refractivity contribution >= 4 is 0 Å². The Balaban J connectivity index is 2.54. The second-order valence-corrected chi connectivity index (χ2v) is 3.91. The molecule has 4 heteroatoms. The van der Waals surface area contributed by atoms with E-state index in [0.29, 0.717) is 5.69 Å². The van der Waals surface area contributed by atoms with Crippen molar-refractivity contribution in [2.75, 3.05) is 0 Å². The van der Waals surface area contributed by atoms with Gasteiger partial charge in [0.15, 0.2) is 0 Å². The number of aliphatic hydroxyl groups is 1. The molecule has 0 spiro atoms. The van der Waals surface area contributed by atoms with Gasteiger partial charge in [0.25, 0.3) is 0 Å². The van der Waals surface area contributed by atoms with Crippen molar-refractivity contribution in [3.63, 3.8) is 0 Å². The van der Waals surface area contributed by atoms with Gasteiger partial charge in [-0.3, -0.25) is 9.67 Å². The van der Waals surface area contributed by atoms with E-state index in [-0.39, 0.29) is 12.6 Å². The lowest BCUT2D eigenvalue weighted by atomic mass is 10.1. The molecule has 16 heavy (non-hydrogen) atoms. The van der Waals surface area contributed by atoms with E-state index in [4.69, 9.17) is 0 Å². The van der Waals surface area contributed by atoms with Gasteiger partial charge in [-0.05, 0) is 32.0 Å². The molecule has 0 saturated carbocycles. The molecule has 1 N–H and O–H groups in total. The van der Waals surface area contributed by atoms with Gasteiger partial charge in [0.05, 0.1) is 18.0 Å². The number of aliphatic hydroxyl groups excluding tert-OH is 1. The van der Waals surface area contributed by atoms with Gasteiger partial charge >= 0.3 is 0 Å². The van der Waals surface area contributed by atoms with Crippen LogP contribution in [0, 0.1) is 0 Å². The van der Waals surface area contributed by atoms with Crippen LogP contribution >= 0.6 is 0 Å². The molecule has 0 fully saturated rings. The molecule has 2 aromatic rings. The van der Waals surface area contributed by atoms with Crippen molar-refractivity contribution in [2.24, 2.45) is 0 Å². The predicted molar refractivity (Wildman–Crippen MR) is 61.8 cm³/mol. The first-order valence-corrected chi connectivity index (χ1v) is 5.32. The Morgan fingerprint density at radius 2 is 2.12 bits per heavy atom. The number of nitrogens with zero attached hydrogens (tertiary/aromatic N) is 3. The lowest BCUT2D eigenvalue weighted by Gasteiger charge is -2.12. The third kappa shape index (κ3) is 1.84. The van der Waals surface area contributed by atoms with E-state index in [2.05, 4.69) is 23.9 Å². The molecule has 0 saturated heterocycles. The minimum atomic E-state index is -0.0561. The lowest BCUT2D eigenvalue weighted by Crippen LogP contribution is -2.06. The quantitative estimate of drug-likeness (QED) is 0.855. The molecule has 0 bridgehead atoms. The van der Waals surface area contributed by atoms with Gasteiger partial charge in [-0.15, -0.1) is 0 Å². The third-order valence-electron chi connectivity index (χ3n) is 2.48. The minimum absolute atomic E-state index is 0.0561. The zero-order chi connectivity index (χ0) is 11.5. The maximum Gasteiger partial charge on any atom is 0.0859 e. The monoisotopic (exact) mass is 217 g/mol. The van der Waals surface area contributed by atoms with Crippen molar-refractivity contribution < 1.29 is 5.11 Å². The molecule has 0 aliphatic carbocycles. The first-order chi connectivity index (χ1) is 7.74. The van der Waals surface area contributed by atoms with E-state index in [9.17, 15) is 5.11 Å². The molecule has 0 radical (unpaired) electrons. The summed E-state index contributed by atoms with van der Waals surface area (Å²) in [5.74, 6) is 0. The van der Waals surface area contributed by atoms with Crippen LogP contribution in [0.4, 0.5) is 0 Å². The number of hydrogen-bond donors (Lipinski definition) is 1. The highest BCUT2D eigenvalue weighted by molar-refractivity contribution is 5.61. The predicted octanol–water partition coefficient (Wildman–Crippen LogP) is 2.02. The highest BCUT2D eigenvalue weighted by Gasteiger charge is 2.11. The molecule has 0 atom stereocenters. The van der Waals surface area contributed by atoms with Gasteiger partial charge in [0, 0.05) is 24.0 Å². The summed E-state index contributed by atoms with van der Waals surface area (Å²) in [6.07, 6.45) is 3.45. The van der Waals surface area contributed by atoms with Crippen LogP contribution in [0.15, 0.2) is 30.6 Å². The Kier molecular flexibility index (Phi) is 3.01. The fourth-order valence-electron chi connectivity index (χ4n) is 1.74. The van der Waals surface area contributed by atoms with E-state index in [1.54, 1.807) is 12.4 Å². The van der Waals surface area contributed by atoms with Crippen LogP contribution in [0.3, 0.4) is 0 Å². The Hall–Kier alpha value is -1.68. The van der Waals surface area contributed by atoms with Crippen LogP contribution in [-0.4, -0.2) is 19.9 Å². The maximum atomic E-state index is 9.25. The molecule has 2 rings (SSSR count). The molecule has 0 amide bonds. The second-order valence-electron chi connectivity index (χ2n) is 3.91. The van der Waals surface area contributed by atoms with E-state index in [0.717, 1.165) is 11.3 Å². The summed E-state index contributed by atoms with van der Waals surface area (Å²) in [7, 11) is 0. The molecule has 84 valence electrons. The van der Waals surface area contributed by atoms with E-state index in [1.165, 1.54) is 0 Å². The smallest absolute Gasteiger partial charge is 0.0859 e. The van der Waals surface area contributed by atoms with Crippen LogP contribution in [0.1, 0.15) is 25.6 Å². The van der Waals surface area contributed by atoms with Gasteiger partial charge in [0.2, 0.25) is 0 Å². The van der Waals surface area contributed by atoms with E-state index >= 15 is 0 Å². The average Bonchev–Trinajstić information content (AvgIpc) is 2.77. The Morgan fingerprint density at radius 3 is 2.81 bits per heavy atom. The number of aromatic nitrogens is 3. The normalized spacial score (nSPS) is 11.0. The van der Waals surface area contributed by atoms with Crippen molar-refractivity contribution in [2.45, 2.75) is 26.5 Å². The standard InChI is InChI=1S/C12H15N3O/c1-9(2)15-12(5-7-14-15)10-4-3-6-13-11(10)8-16/h3-7,9,16H,8H2,1-2H3. The fraction of sp³-hybridized carbons (Fsp3) is 0.333. The summed E-state index contributed by atoms with van der Waals surface area (Å²) >= 11 is 0. The fourth-order valence-corrected chi connectivity index (χ4v) is 1.74. The van der Waals surface area contributed by atoms with Crippen LogP contribution in [0.25, 0.3) is 11.3 Å². The highest BCUT2D eigenvalue weighted by atomic mass is 16.3. The van der Waals surface area contributed by atoms with E-state index < -0.39 is 0 Å². The summed E-state index contributed by atoms with van der Waals surface area (Å²) < 4.78 is 1.93. The van der Waals surface area contributed by atoms with Crippen LogP contribution in [-0.2, 0) is 6.61 Å². The number of hydrogen-bond acceptors (Lipinski definition) is 3. The van der Waals surface area contributed by atoms with Crippen molar-refractivity contribution in [3.8, 4) is 11.3 Å². The van der Waals surface area contributed by atoms with Crippen molar-refractivity contribution in [1.29, 1.82) is 0 Å². The zero-order valence-corrected chi connectivity index (χ0v) is 9.46. The van der Waals surface area contributed by atoms with Gasteiger partial charge in [-0.2, -0.15) is 5.10 Å². The second kappa shape index (κ2) is 4.45. The summed E-state index contributed by atoms with van der Waals surface area (Å²) in [6.45, 7) is 4.09. The number of rotatable bonds is 3. The van der Waals surface area contributed by atoms with Gasteiger partial charge in [0.1, 0.15) is 0 Å². The van der Waals surface area contributed by atoms with E-state index in [1.807, 2.05) is 22.9 Å². The summed E-state index contributed by atoms with van der Waals surface area (Å²) in [5, 5.41) is 13.5. The number of pyridine rings is 1. The molecule has 0 unspecified atom stereocenters. The third-order valence-corrected chi connectivity index (χ3v) is 2.48. The molecule has 0 aliphatic rings. The Bertz CT molecular complexity index is 477. The van der Waals surface area contributed by atoms with Crippen molar-refractivity contribution in [1.82, 2.24) is 14.8 Å². The lowest BCUT2D eigenvalue weighted by molar-refractivity contribution is 0.277. The first kappa shape index (κ1) is 10.8. The maximum absolute atomic E-state index is 9.25. The average molecular weight is 217 g/mol. The Morgan fingerprint density at radius 1 is 1.31 bits per heavy atom. The van der Waals surface area contributed by atoms with Gasteiger partial charge in [-0.1, -0.05) is 0 Å². The van der Waals surface area contributed by atoms with Gasteiger partial charge < -0.3 is 5.11 Å². The first-order valence-electron chi connectivity index (χ1n) is 5.32. The molecular weight excluding hydrogens is 202 g/mol. The summed E-state index contributed by atoms with van der Waals surface area (Å²) in [5.41, 5.74) is 2.62. The molecular formula is C12H15N3O. The highest BCUT2D eigenvalue weighted by Crippen LogP contribution is 2.24. The van der Waals surface area contributed by atoms with Crippen LogP contribution in [0.5, 0.6) is 0 Å². The SMILES string of the molecule is CC(C)n1nccc1-c1cccnc1CO. The van der Waals surface area contributed by atoms with Crippen LogP contribution < -0.4 is 0 Å². The van der Waals surface area contributed by atoms with Crippen LogP contribution in [0.2, 0.25) is 0 Å². The molecule has 0 aromatic carbocycles. The zero-order valence-electron chi connectivity index (χ0n) is 9.46. The van der Waals surface area contributed by atoms with Gasteiger partial charge in [-0.25, -0.2) is 0 Å². The molecule has 4 nitrogen and oxygen atoms in total. The minimum Gasteiger partial charge on any atom is -0.390 e. The Labute approximate surface area is 94.6 Å². The molecule has 2 heterocycles. The molecule has 0 aliphatic heterocycles. The van der Waals surface area contributed by atoms with Crippen molar-refractivity contribution in [3.05, 3.63) is 36.3 Å². The largest absolute Gasteiger partial charge is 0.390 e. The summed E-state index contributed by atoms with van der Waals surface area (Å²) in [6, 6.07) is 6.05.